The van der Waals surface area contributed by atoms with Crippen LogP contribution < -0.4 is 5.32 Å². The molecule has 0 saturated heterocycles. The van der Waals surface area contributed by atoms with E-state index in [0.717, 1.165) is 12.2 Å². The summed E-state index contributed by atoms with van der Waals surface area (Å²) in [5.41, 5.74) is 3.48. The number of nitrogens with one attached hydrogen (secondary N) is 1. The molecule has 1 aromatic heterocycles. The Morgan fingerprint density at radius 1 is 1.27 bits per heavy atom. The Kier molecular flexibility index (Phi) is 2.72. The normalized spacial score (nSPS) is 10.3. The number of hydrogen-bond acceptors (Lipinski definition) is 2. The molecule has 15 heavy (non-hydrogen) atoms. The minimum Gasteiger partial charge on any atom is -0.379 e. The van der Waals surface area contributed by atoms with E-state index in [1.54, 1.807) is 0 Å². The molecular formula is C12H15N3. The van der Waals surface area contributed by atoms with Crippen molar-refractivity contribution in [3.8, 4) is 0 Å². The van der Waals surface area contributed by atoms with E-state index in [2.05, 4.69) is 29.5 Å². The van der Waals surface area contributed by atoms with Crippen molar-refractivity contribution in [1.29, 1.82) is 0 Å². The molecule has 1 aromatic carbocycles. The van der Waals surface area contributed by atoms with Crippen LogP contribution in [0.4, 0.5) is 5.69 Å². The van der Waals surface area contributed by atoms with Gasteiger partial charge in [-0.1, -0.05) is 18.2 Å². The molecule has 1 heterocycles. The largest absolute Gasteiger partial charge is 0.379 e. The summed E-state index contributed by atoms with van der Waals surface area (Å²) in [4.78, 5) is 0. The van der Waals surface area contributed by atoms with Gasteiger partial charge in [0.15, 0.2) is 0 Å². The molecule has 2 aromatic rings. The Balaban J connectivity index is 2.02. The van der Waals surface area contributed by atoms with Gasteiger partial charge in [-0.3, -0.25) is 4.68 Å². The summed E-state index contributed by atoms with van der Waals surface area (Å²) >= 11 is 0. The zero-order valence-electron chi connectivity index (χ0n) is 9.07. The first-order valence-electron chi connectivity index (χ1n) is 5.04. The molecule has 0 radical (unpaired) electrons. The maximum absolute atomic E-state index is 4.31. The molecule has 0 spiro atoms. The van der Waals surface area contributed by atoms with Crippen LogP contribution in [0.1, 0.15) is 11.3 Å². The molecule has 3 nitrogen and oxygen atoms in total. The fourth-order valence-electron chi connectivity index (χ4n) is 1.51. The zero-order valence-corrected chi connectivity index (χ0v) is 9.07. The van der Waals surface area contributed by atoms with Crippen LogP contribution in [0.25, 0.3) is 0 Å². The quantitative estimate of drug-likeness (QED) is 0.826. The van der Waals surface area contributed by atoms with Gasteiger partial charge in [0.25, 0.3) is 0 Å². The van der Waals surface area contributed by atoms with E-state index in [0.29, 0.717) is 0 Å². The number of rotatable bonds is 3. The van der Waals surface area contributed by atoms with E-state index < -0.39 is 0 Å². The molecule has 3 heteroatoms. The molecule has 1 N–H and O–H groups in total. The fraction of sp³-hybridized carbons (Fsp3) is 0.250. The molecule has 0 unspecified atom stereocenters. The molecule has 0 aliphatic heterocycles. The molecule has 78 valence electrons. The van der Waals surface area contributed by atoms with Gasteiger partial charge in [0.05, 0.1) is 12.2 Å². The maximum atomic E-state index is 4.31. The third-order valence-corrected chi connectivity index (χ3v) is 2.37. The number of para-hydroxylation sites is 1. The van der Waals surface area contributed by atoms with Crippen LogP contribution in [0.5, 0.6) is 0 Å². The van der Waals surface area contributed by atoms with Crippen LogP contribution >= 0.6 is 0 Å². The molecule has 2 rings (SSSR count). The molecule has 0 aliphatic carbocycles. The summed E-state index contributed by atoms with van der Waals surface area (Å²) in [6.07, 6.45) is 1.95. The highest BCUT2D eigenvalue weighted by Gasteiger charge is 1.98. The molecule has 0 saturated carbocycles. The number of aryl methyl sites for hydroxylation is 2. The Morgan fingerprint density at radius 2 is 2.07 bits per heavy atom. The predicted molar refractivity (Wildman–Crippen MR) is 61.7 cm³/mol. The van der Waals surface area contributed by atoms with Gasteiger partial charge in [-0.25, -0.2) is 0 Å². The van der Waals surface area contributed by atoms with E-state index in [4.69, 9.17) is 0 Å². The van der Waals surface area contributed by atoms with Crippen molar-refractivity contribution < 1.29 is 0 Å². The fourth-order valence-corrected chi connectivity index (χ4v) is 1.51. The van der Waals surface area contributed by atoms with Crippen LogP contribution in [-0.2, 0) is 13.6 Å². The Bertz CT molecular complexity index is 446. The third-order valence-electron chi connectivity index (χ3n) is 2.37. The Morgan fingerprint density at radius 3 is 2.73 bits per heavy atom. The average Bonchev–Trinajstić information content (AvgIpc) is 2.63. The molecular weight excluding hydrogens is 186 g/mol. The summed E-state index contributed by atoms with van der Waals surface area (Å²) < 4.78 is 1.81. The standard InChI is InChI=1S/C12H15N3/c1-10-5-3-4-6-12(10)13-9-11-7-8-15(2)14-11/h3-8,13H,9H2,1-2H3. The van der Waals surface area contributed by atoms with Gasteiger partial charge >= 0.3 is 0 Å². The van der Waals surface area contributed by atoms with Crippen LogP contribution in [-0.4, -0.2) is 9.78 Å². The van der Waals surface area contributed by atoms with Gasteiger partial charge in [-0.05, 0) is 24.6 Å². The van der Waals surface area contributed by atoms with Crippen molar-refractivity contribution in [2.45, 2.75) is 13.5 Å². The lowest BCUT2D eigenvalue weighted by Gasteiger charge is -2.07. The van der Waals surface area contributed by atoms with E-state index >= 15 is 0 Å². The molecule has 0 atom stereocenters. The SMILES string of the molecule is Cc1ccccc1NCc1ccn(C)n1. The minimum atomic E-state index is 0.770. The summed E-state index contributed by atoms with van der Waals surface area (Å²) in [7, 11) is 1.93. The van der Waals surface area contributed by atoms with Gasteiger partial charge in [0, 0.05) is 18.9 Å². The summed E-state index contributed by atoms with van der Waals surface area (Å²) in [6.45, 7) is 2.87. The number of nitrogens with zero attached hydrogens (tertiary/aromatic N) is 2. The summed E-state index contributed by atoms with van der Waals surface area (Å²) in [6, 6.07) is 10.3. The predicted octanol–water partition coefficient (Wildman–Crippen LogP) is 2.34. The van der Waals surface area contributed by atoms with Gasteiger partial charge < -0.3 is 5.32 Å². The lowest BCUT2D eigenvalue weighted by molar-refractivity contribution is 0.747. The second-order valence-corrected chi connectivity index (χ2v) is 3.65. The van der Waals surface area contributed by atoms with Crippen molar-refractivity contribution in [3.63, 3.8) is 0 Å². The van der Waals surface area contributed by atoms with Gasteiger partial charge in [-0.15, -0.1) is 0 Å². The number of benzene rings is 1. The summed E-state index contributed by atoms with van der Waals surface area (Å²) in [5, 5.41) is 7.68. The van der Waals surface area contributed by atoms with E-state index in [-0.39, 0.29) is 0 Å². The first kappa shape index (κ1) is 9.77. The second kappa shape index (κ2) is 4.17. The van der Waals surface area contributed by atoms with Crippen LogP contribution in [0.3, 0.4) is 0 Å². The monoisotopic (exact) mass is 201 g/mol. The average molecular weight is 201 g/mol. The smallest absolute Gasteiger partial charge is 0.0815 e. The van der Waals surface area contributed by atoms with E-state index in [1.165, 1.54) is 11.3 Å². The third kappa shape index (κ3) is 2.37. The lowest BCUT2D eigenvalue weighted by atomic mass is 10.2. The van der Waals surface area contributed by atoms with Crippen molar-refractivity contribution in [1.82, 2.24) is 9.78 Å². The highest BCUT2D eigenvalue weighted by atomic mass is 15.3. The van der Waals surface area contributed by atoms with Gasteiger partial charge in [-0.2, -0.15) is 5.10 Å². The first-order chi connectivity index (χ1) is 7.25. The van der Waals surface area contributed by atoms with E-state index in [1.807, 2.05) is 36.1 Å². The van der Waals surface area contributed by atoms with Crippen LogP contribution in [0, 0.1) is 6.92 Å². The molecule has 0 aliphatic rings. The topological polar surface area (TPSA) is 29.9 Å². The molecule has 0 amide bonds. The Labute approximate surface area is 89.7 Å². The van der Waals surface area contributed by atoms with Crippen LogP contribution in [0.15, 0.2) is 36.5 Å². The van der Waals surface area contributed by atoms with Crippen molar-refractivity contribution >= 4 is 5.69 Å². The van der Waals surface area contributed by atoms with Crippen molar-refractivity contribution in [3.05, 3.63) is 47.8 Å². The lowest BCUT2D eigenvalue weighted by Crippen LogP contribution is -2.02. The number of aromatic nitrogens is 2. The van der Waals surface area contributed by atoms with Gasteiger partial charge in [0.2, 0.25) is 0 Å². The van der Waals surface area contributed by atoms with E-state index in [9.17, 15) is 0 Å². The molecule has 0 fully saturated rings. The zero-order chi connectivity index (χ0) is 10.7. The number of anilines is 1. The van der Waals surface area contributed by atoms with Crippen molar-refractivity contribution in [2.75, 3.05) is 5.32 Å². The molecule has 0 bridgehead atoms. The minimum absolute atomic E-state index is 0.770. The van der Waals surface area contributed by atoms with Crippen molar-refractivity contribution in [2.24, 2.45) is 7.05 Å². The first-order valence-corrected chi connectivity index (χ1v) is 5.04. The second-order valence-electron chi connectivity index (χ2n) is 3.65. The number of hydrogen-bond donors (Lipinski definition) is 1. The maximum Gasteiger partial charge on any atom is 0.0815 e. The Hall–Kier alpha value is -1.77. The van der Waals surface area contributed by atoms with Gasteiger partial charge in [0.1, 0.15) is 0 Å². The highest BCUT2D eigenvalue weighted by Crippen LogP contribution is 2.13. The summed E-state index contributed by atoms with van der Waals surface area (Å²) in [5.74, 6) is 0. The highest BCUT2D eigenvalue weighted by molar-refractivity contribution is 5.50. The van der Waals surface area contributed by atoms with Crippen LogP contribution in [0.2, 0.25) is 0 Å².